The van der Waals surface area contributed by atoms with Crippen LogP contribution in [0.15, 0.2) is 83.8 Å². The molecule has 1 atom stereocenters. The van der Waals surface area contributed by atoms with Crippen molar-refractivity contribution < 1.29 is 19.4 Å². The highest BCUT2D eigenvalue weighted by atomic mass is 32.2. The first-order valence-corrected chi connectivity index (χ1v) is 10.9. The Morgan fingerprint density at radius 1 is 1.06 bits per heavy atom. The number of hydrogen-bond acceptors (Lipinski definition) is 5. The molecule has 0 unspecified atom stereocenters. The molecule has 0 radical (unpaired) electrons. The van der Waals surface area contributed by atoms with E-state index >= 15 is 0 Å². The van der Waals surface area contributed by atoms with Crippen molar-refractivity contribution in [3.8, 4) is 11.5 Å². The number of nitrogens with zero attached hydrogens (tertiary/aromatic N) is 1. The smallest absolute Gasteiger partial charge is 0.280 e. The Morgan fingerprint density at radius 3 is 2.41 bits per heavy atom. The van der Waals surface area contributed by atoms with Gasteiger partial charge in [-0.05, 0) is 47.0 Å². The number of amides is 2. The van der Waals surface area contributed by atoms with E-state index < -0.39 is 5.37 Å². The molecule has 0 bridgehead atoms. The van der Waals surface area contributed by atoms with Gasteiger partial charge in [0.25, 0.3) is 5.91 Å². The maximum Gasteiger partial charge on any atom is 0.280 e. The molecule has 1 aliphatic heterocycles. The van der Waals surface area contributed by atoms with Crippen LogP contribution in [0.25, 0.3) is 6.08 Å². The summed E-state index contributed by atoms with van der Waals surface area (Å²) in [5, 5.41) is 10.5. The molecular weight excluding hydrogens is 424 g/mol. The predicted molar refractivity (Wildman–Crippen MR) is 125 cm³/mol. The summed E-state index contributed by atoms with van der Waals surface area (Å²) >= 11 is 1.36. The van der Waals surface area contributed by atoms with Crippen molar-refractivity contribution in [2.45, 2.75) is 11.8 Å². The summed E-state index contributed by atoms with van der Waals surface area (Å²) in [4.78, 5) is 26.4. The van der Waals surface area contributed by atoms with Gasteiger partial charge in [-0.15, -0.1) is 0 Å². The van der Waals surface area contributed by atoms with Crippen LogP contribution < -0.4 is 10.2 Å². The van der Waals surface area contributed by atoms with Crippen molar-refractivity contribution >= 4 is 29.7 Å². The van der Waals surface area contributed by atoms with Gasteiger partial charge in [-0.25, -0.2) is 5.01 Å². The number of thioether (sulfide) groups is 1. The third-order valence-corrected chi connectivity index (χ3v) is 6.20. The largest absolute Gasteiger partial charge is 0.508 e. The first-order valence-electron chi connectivity index (χ1n) is 10.0. The lowest BCUT2D eigenvalue weighted by molar-refractivity contribution is -0.137. The number of hydrazine groups is 1. The van der Waals surface area contributed by atoms with Gasteiger partial charge in [-0.3, -0.25) is 15.0 Å². The highest BCUT2D eigenvalue weighted by molar-refractivity contribution is 8.04. The van der Waals surface area contributed by atoms with Crippen LogP contribution >= 0.6 is 11.8 Å². The van der Waals surface area contributed by atoms with Gasteiger partial charge in [-0.2, -0.15) is 0 Å². The summed E-state index contributed by atoms with van der Waals surface area (Å²) in [6.07, 6.45) is 1.92. The number of rotatable bonds is 6. The highest BCUT2D eigenvalue weighted by Gasteiger charge is 2.38. The van der Waals surface area contributed by atoms with E-state index in [2.05, 4.69) is 5.43 Å². The minimum atomic E-state index is -0.420. The van der Waals surface area contributed by atoms with Gasteiger partial charge >= 0.3 is 0 Å². The van der Waals surface area contributed by atoms with E-state index in [-0.39, 0.29) is 24.0 Å². The number of phenolic OH excluding ortho intramolecular Hbond substituents is 1. The Kier molecular flexibility index (Phi) is 6.47. The Balaban J connectivity index is 1.60. The first kappa shape index (κ1) is 21.5. The van der Waals surface area contributed by atoms with E-state index in [0.717, 1.165) is 16.7 Å². The summed E-state index contributed by atoms with van der Waals surface area (Å²) in [7, 11) is 1.59. The standard InChI is InChI=1S/C25H22N2O4S/c1-31-21-13-9-19(10-14-21)25-27(26-23(29)16-17-5-3-2-4-6-17)24(30)22(32-25)15-18-7-11-20(28)12-8-18/h2-15,25,28H,16H2,1H3,(H,26,29)/b22-15-/t25-/m0/s1. The molecule has 1 fully saturated rings. The molecule has 0 saturated carbocycles. The maximum atomic E-state index is 13.2. The molecule has 7 heteroatoms. The van der Waals surface area contributed by atoms with Gasteiger partial charge < -0.3 is 9.84 Å². The molecule has 0 spiro atoms. The average molecular weight is 447 g/mol. The van der Waals surface area contributed by atoms with Crippen molar-refractivity contribution in [3.63, 3.8) is 0 Å². The van der Waals surface area contributed by atoms with E-state index in [0.29, 0.717) is 10.7 Å². The number of aromatic hydroxyl groups is 1. The van der Waals surface area contributed by atoms with E-state index in [1.165, 1.54) is 16.8 Å². The molecular formula is C25H22N2O4S. The highest BCUT2D eigenvalue weighted by Crippen LogP contribution is 2.45. The molecule has 1 aliphatic rings. The van der Waals surface area contributed by atoms with E-state index in [9.17, 15) is 14.7 Å². The second-order valence-electron chi connectivity index (χ2n) is 7.22. The second-order valence-corrected chi connectivity index (χ2v) is 8.34. The molecule has 0 aliphatic carbocycles. The zero-order valence-corrected chi connectivity index (χ0v) is 18.2. The molecule has 4 rings (SSSR count). The zero-order chi connectivity index (χ0) is 22.5. The summed E-state index contributed by atoms with van der Waals surface area (Å²) in [5.74, 6) is 0.311. The van der Waals surface area contributed by atoms with E-state index in [1.54, 1.807) is 37.5 Å². The van der Waals surface area contributed by atoms with Crippen LogP contribution in [0, 0.1) is 0 Å². The maximum absolute atomic E-state index is 13.2. The molecule has 3 aromatic rings. The Morgan fingerprint density at radius 2 is 1.75 bits per heavy atom. The van der Waals surface area contributed by atoms with Gasteiger partial charge in [-0.1, -0.05) is 66.4 Å². The van der Waals surface area contributed by atoms with Crippen molar-refractivity contribution in [2.75, 3.05) is 7.11 Å². The van der Waals surface area contributed by atoms with Gasteiger partial charge in [0.1, 0.15) is 16.9 Å². The normalized spacial score (nSPS) is 16.9. The molecule has 1 heterocycles. The predicted octanol–water partition coefficient (Wildman–Crippen LogP) is 4.29. The molecule has 2 N–H and O–H groups in total. The fourth-order valence-electron chi connectivity index (χ4n) is 3.32. The van der Waals surface area contributed by atoms with Crippen LogP contribution in [0.5, 0.6) is 11.5 Å². The summed E-state index contributed by atoms with van der Waals surface area (Å²) in [5.41, 5.74) is 5.30. The van der Waals surface area contributed by atoms with Crippen LogP contribution in [0.2, 0.25) is 0 Å². The van der Waals surface area contributed by atoms with Crippen molar-refractivity contribution in [1.29, 1.82) is 0 Å². The van der Waals surface area contributed by atoms with Crippen LogP contribution in [0.1, 0.15) is 22.1 Å². The molecule has 6 nitrogen and oxygen atoms in total. The van der Waals surface area contributed by atoms with E-state index in [1.807, 2.05) is 54.6 Å². The zero-order valence-electron chi connectivity index (χ0n) is 17.4. The van der Waals surface area contributed by atoms with Gasteiger partial charge in [0.2, 0.25) is 5.91 Å². The second kappa shape index (κ2) is 9.62. The minimum Gasteiger partial charge on any atom is -0.508 e. The third kappa shape index (κ3) is 4.95. The van der Waals surface area contributed by atoms with Gasteiger partial charge in [0.15, 0.2) is 0 Å². The molecule has 2 amide bonds. The van der Waals surface area contributed by atoms with Crippen molar-refractivity contribution in [2.24, 2.45) is 0 Å². The topological polar surface area (TPSA) is 78.9 Å². The van der Waals surface area contributed by atoms with Crippen molar-refractivity contribution in [3.05, 3.63) is 100 Å². The average Bonchev–Trinajstić information content (AvgIpc) is 3.11. The lowest BCUT2D eigenvalue weighted by Crippen LogP contribution is -2.44. The van der Waals surface area contributed by atoms with E-state index in [4.69, 9.17) is 4.74 Å². The third-order valence-electron chi connectivity index (χ3n) is 4.95. The van der Waals surface area contributed by atoms with Crippen LogP contribution in [0.4, 0.5) is 0 Å². The number of phenols is 1. The number of benzene rings is 3. The fourth-order valence-corrected chi connectivity index (χ4v) is 4.51. The summed E-state index contributed by atoms with van der Waals surface area (Å²) in [6, 6.07) is 23.4. The number of methoxy groups -OCH3 is 1. The lowest BCUT2D eigenvalue weighted by Gasteiger charge is -2.24. The number of ether oxygens (including phenoxy) is 1. The molecule has 162 valence electrons. The van der Waals surface area contributed by atoms with Crippen LogP contribution in [0.3, 0.4) is 0 Å². The number of nitrogens with one attached hydrogen (secondary N) is 1. The van der Waals surface area contributed by atoms with Crippen molar-refractivity contribution in [1.82, 2.24) is 10.4 Å². The molecule has 0 aromatic heterocycles. The fraction of sp³-hybridized carbons (Fsp3) is 0.120. The van der Waals surface area contributed by atoms with Gasteiger partial charge in [0, 0.05) is 0 Å². The summed E-state index contributed by atoms with van der Waals surface area (Å²) < 4.78 is 5.23. The minimum absolute atomic E-state index is 0.156. The molecule has 1 saturated heterocycles. The Bertz CT molecular complexity index is 1130. The number of carbonyl (C=O) groups is 2. The lowest BCUT2D eigenvalue weighted by atomic mass is 10.1. The number of carbonyl (C=O) groups excluding carboxylic acids is 2. The Hall–Kier alpha value is -3.71. The molecule has 3 aromatic carbocycles. The van der Waals surface area contributed by atoms with Crippen LogP contribution in [-0.4, -0.2) is 29.0 Å². The summed E-state index contributed by atoms with van der Waals surface area (Å²) in [6.45, 7) is 0. The quantitative estimate of drug-likeness (QED) is 0.553. The first-order chi connectivity index (χ1) is 15.5. The number of hydrogen-bond donors (Lipinski definition) is 2. The monoisotopic (exact) mass is 446 g/mol. The SMILES string of the molecule is COc1ccc([C@@H]2S/C(=C\c3ccc(O)cc3)C(=O)N2NC(=O)Cc2ccccc2)cc1. The Labute approximate surface area is 190 Å². The molecule has 32 heavy (non-hydrogen) atoms. The van der Waals surface area contributed by atoms with Gasteiger partial charge in [0.05, 0.1) is 18.4 Å². The van der Waals surface area contributed by atoms with Crippen LogP contribution in [-0.2, 0) is 16.0 Å².